The quantitative estimate of drug-likeness (QED) is 0.746. The Bertz CT molecular complexity index is 700. The first kappa shape index (κ1) is 10.9. The van der Waals surface area contributed by atoms with Crippen molar-refractivity contribution < 1.29 is 0 Å². The summed E-state index contributed by atoms with van der Waals surface area (Å²) in [6, 6.07) is 8.06. The SMILES string of the molecule is CCc1[nH]nc2nc(-c3cccnc3C)ccc12. The van der Waals surface area contributed by atoms with Gasteiger partial charge in [-0.05, 0) is 37.6 Å². The Morgan fingerprint density at radius 3 is 2.89 bits per heavy atom. The van der Waals surface area contributed by atoms with Gasteiger partial charge in [0.05, 0.1) is 5.69 Å². The van der Waals surface area contributed by atoms with E-state index in [4.69, 9.17) is 0 Å². The molecule has 0 saturated heterocycles. The van der Waals surface area contributed by atoms with Crippen LogP contribution in [0.1, 0.15) is 18.3 Å². The van der Waals surface area contributed by atoms with Crippen LogP contribution in [0.25, 0.3) is 22.3 Å². The molecular weight excluding hydrogens is 224 g/mol. The van der Waals surface area contributed by atoms with Crippen LogP contribution in [-0.4, -0.2) is 20.2 Å². The van der Waals surface area contributed by atoms with Crippen molar-refractivity contribution >= 4 is 11.0 Å². The van der Waals surface area contributed by atoms with E-state index in [1.54, 1.807) is 6.20 Å². The van der Waals surface area contributed by atoms with Crippen molar-refractivity contribution in [2.24, 2.45) is 0 Å². The zero-order chi connectivity index (χ0) is 12.5. The second kappa shape index (κ2) is 4.22. The largest absolute Gasteiger partial charge is 0.280 e. The highest BCUT2D eigenvalue weighted by Gasteiger charge is 2.08. The molecule has 0 aliphatic carbocycles. The van der Waals surface area contributed by atoms with Crippen LogP contribution in [0.2, 0.25) is 0 Å². The molecule has 4 heteroatoms. The van der Waals surface area contributed by atoms with Crippen molar-refractivity contribution in [3.05, 3.63) is 41.9 Å². The van der Waals surface area contributed by atoms with Gasteiger partial charge >= 0.3 is 0 Å². The summed E-state index contributed by atoms with van der Waals surface area (Å²) in [5.41, 5.74) is 4.86. The van der Waals surface area contributed by atoms with Crippen molar-refractivity contribution in [3.8, 4) is 11.3 Å². The second-order valence-electron chi connectivity index (χ2n) is 4.26. The summed E-state index contributed by atoms with van der Waals surface area (Å²) in [7, 11) is 0. The Hall–Kier alpha value is -2.23. The van der Waals surface area contributed by atoms with Gasteiger partial charge in [0.1, 0.15) is 0 Å². The van der Waals surface area contributed by atoms with Gasteiger partial charge in [0.25, 0.3) is 0 Å². The van der Waals surface area contributed by atoms with Gasteiger partial charge in [-0.1, -0.05) is 6.92 Å². The highest BCUT2D eigenvalue weighted by molar-refractivity contribution is 5.81. The van der Waals surface area contributed by atoms with E-state index in [0.29, 0.717) is 0 Å². The summed E-state index contributed by atoms with van der Waals surface area (Å²) in [5.74, 6) is 0. The lowest BCUT2D eigenvalue weighted by Gasteiger charge is -2.03. The maximum Gasteiger partial charge on any atom is 0.181 e. The van der Waals surface area contributed by atoms with E-state index in [9.17, 15) is 0 Å². The molecule has 0 atom stereocenters. The maximum atomic E-state index is 4.59. The van der Waals surface area contributed by atoms with Crippen LogP contribution in [0.3, 0.4) is 0 Å². The number of aryl methyl sites for hydroxylation is 2. The predicted molar refractivity (Wildman–Crippen MR) is 71.2 cm³/mol. The van der Waals surface area contributed by atoms with Crippen LogP contribution >= 0.6 is 0 Å². The lowest BCUT2D eigenvalue weighted by Crippen LogP contribution is -1.90. The Morgan fingerprint density at radius 1 is 1.22 bits per heavy atom. The molecule has 0 saturated carbocycles. The van der Waals surface area contributed by atoms with Crippen LogP contribution in [0, 0.1) is 6.92 Å². The molecule has 3 rings (SSSR count). The highest BCUT2D eigenvalue weighted by Crippen LogP contribution is 2.23. The molecule has 3 aromatic rings. The molecule has 1 N–H and O–H groups in total. The third-order valence-corrected chi connectivity index (χ3v) is 3.13. The van der Waals surface area contributed by atoms with Crippen LogP contribution in [0.4, 0.5) is 0 Å². The van der Waals surface area contributed by atoms with Gasteiger partial charge in [-0.15, -0.1) is 0 Å². The Balaban J connectivity index is 2.17. The zero-order valence-electron chi connectivity index (χ0n) is 10.4. The summed E-state index contributed by atoms with van der Waals surface area (Å²) < 4.78 is 0. The Kier molecular flexibility index (Phi) is 2.55. The summed E-state index contributed by atoms with van der Waals surface area (Å²) in [6.07, 6.45) is 2.73. The fourth-order valence-electron chi connectivity index (χ4n) is 2.12. The van der Waals surface area contributed by atoms with Crippen LogP contribution < -0.4 is 0 Å². The molecule has 0 unspecified atom stereocenters. The molecule has 0 aromatic carbocycles. The number of hydrogen-bond acceptors (Lipinski definition) is 3. The average Bonchev–Trinajstić information content (AvgIpc) is 2.81. The topological polar surface area (TPSA) is 54.5 Å². The van der Waals surface area contributed by atoms with Crippen molar-refractivity contribution in [3.63, 3.8) is 0 Å². The zero-order valence-corrected chi connectivity index (χ0v) is 10.4. The van der Waals surface area contributed by atoms with Gasteiger partial charge in [-0.3, -0.25) is 10.1 Å². The van der Waals surface area contributed by atoms with Gasteiger partial charge in [0.15, 0.2) is 5.65 Å². The molecule has 3 aromatic heterocycles. The van der Waals surface area contributed by atoms with E-state index in [1.807, 2.05) is 25.1 Å². The highest BCUT2D eigenvalue weighted by atomic mass is 15.1. The second-order valence-corrected chi connectivity index (χ2v) is 4.26. The Morgan fingerprint density at radius 2 is 2.11 bits per heavy atom. The van der Waals surface area contributed by atoms with Gasteiger partial charge in [-0.2, -0.15) is 5.10 Å². The number of pyridine rings is 2. The molecule has 18 heavy (non-hydrogen) atoms. The summed E-state index contributed by atoms with van der Waals surface area (Å²) in [4.78, 5) is 8.88. The van der Waals surface area contributed by atoms with Gasteiger partial charge in [-0.25, -0.2) is 4.98 Å². The first-order chi connectivity index (χ1) is 8.79. The molecule has 3 heterocycles. The molecule has 0 amide bonds. The Labute approximate surface area is 105 Å². The van der Waals surface area contributed by atoms with E-state index < -0.39 is 0 Å². The fraction of sp³-hybridized carbons (Fsp3) is 0.214. The molecular formula is C14H14N4. The number of aromatic amines is 1. The molecule has 0 radical (unpaired) electrons. The monoisotopic (exact) mass is 238 g/mol. The molecule has 0 bridgehead atoms. The van der Waals surface area contributed by atoms with Gasteiger partial charge in [0.2, 0.25) is 0 Å². The third kappa shape index (κ3) is 1.66. The number of rotatable bonds is 2. The summed E-state index contributed by atoms with van der Waals surface area (Å²) >= 11 is 0. The fourth-order valence-corrected chi connectivity index (χ4v) is 2.12. The molecule has 0 aliphatic rings. The number of nitrogens with zero attached hydrogens (tertiary/aromatic N) is 3. The lowest BCUT2D eigenvalue weighted by atomic mass is 10.1. The molecule has 90 valence electrons. The van der Waals surface area contributed by atoms with E-state index in [-0.39, 0.29) is 0 Å². The molecule has 0 aliphatic heterocycles. The van der Waals surface area contributed by atoms with Gasteiger partial charge < -0.3 is 0 Å². The predicted octanol–water partition coefficient (Wildman–Crippen LogP) is 2.89. The van der Waals surface area contributed by atoms with Crippen molar-refractivity contribution in [1.29, 1.82) is 0 Å². The minimum absolute atomic E-state index is 0.771. The minimum atomic E-state index is 0.771. The van der Waals surface area contributed by atoms with E-state index in [1.165, 1.54) is 0 Å². The molecule has 0 fully saturated rings. The van der Waals surface area contributed by atoms with Gasteiger partial charge in [0, 0.05) is 28.5 Å². The van der Waals surface area contributed by atoms with Crippen molar-refractivity contribution in [2.75, 3.05) is 0 Å². The summed E-state index contributed by atoms with van der Waals surface area (Å²) in [5, 5.41) is 8.38. The first-order valence-electron chi connectivity index (χ1n) is 6.05. The number of nitrogens with one attached hydrogen (secondary N) is 1. The maximum absolute atomic E-state index is 4.59. The average molecular weight is 238 g/mol. The minimum Gasteiger partial charge on any atom is -0.280 e. The number of hydrogen-bond donors (Lipinski definition) is 1. The smallest absolute Gasteiger partial charge is 0.181 e. The molecule has 4 nitrogen and oxygen atoms in total. The number of aromatic nitrogens is 4. The van der Waals surface area contributed by atoms with E-state index in [0.717, 1.165) is 40.1 Å². The van der Waals surface area contributed by atoms with E-state index in [2.05, 4.69) is 33.2 Å². The van der Waals surface area contributed by atoms with Crippen LogP contribution in [0.15, 0.2) is 30.5 Å². The normalized spacial score (nSPS) is 11.0. The summed E-state index contributed by atoms with van der Waals surface area (Å²) in [6.45, 7) is 4.09. The van der Waals surface area contributed by atoms with Crippen molar-refractivity contribution in [1.82, 2.24) is 20.2 Å². The third-order valence-electron chi connectivity index (χ3n) is 3.13. The number of fused-ring (bicyclic) bond motifs is 1. The van der Waals surface area contributed by atoms with Crippen LogP contribution in [-0.2, 0) is 6.42 Å². The molecule has 0 spiro atoms. The van der Waals surface area contributed by atoms with E-state index >= 15 is 0 Å². The lowest BCUT2D eigenvalue weighted by molar-refractivity contribution is 0.983. The first-order valence-corrected chi connectivity index (χ1v) is 6.05. The number of H-pyrrole nitrogens is 1. The van der Waals surface area contributed by atoms with Crippen LogP contribution in [0.5, 0.6) is 0 Å². The standard InChI is InChI=1S/C14H14N4/c1-3-12-11-6-7-13(16-14(11)18-17-12)10-5-4-8-15-9(10)2/h4-8H,3H2,1-2H3,(H,16,17,18). The van der Waals surface area contributed by atoms with Crippen molar-refractivity contribution in [2.45, 2.75) is 20.3 Å².